The molecule has 0 aliphatic heterocycles. The van der Waals surface area contributed by atoms with E-state index >= 15 is 0 Å². The fraction of sp³-hybridized carbons (Fsp3) is 0.375. The average Bonchev–Trinajstić information content (AvgIpc) is 2.03. The van der Waals surface area contributed by atoms with Gasteiger partial charge in [-0.05, 0) is 6.42 Å². The third-order valence-corrected chi connectivity index (χ3v) is 1.82. The fourth-order valence-corrected chi connectivity index (χ4v) is 1.23. The second-order valence-corrected chi connectivity index (χ2v) is 2.75. The van der Waals surface area contributed by atoms with Crippen LogP contribution in [0.4, 0.5) is 0 Å². The van der Waals surface area contributed by atoms with Gasteiger partial charge < -0.3 is 9.72 Å². The lowest BCUT2D eigenvalue weighted by Crippen LogP contribution is -2.10. The topological polar surface area (TPSA) is 42.1 Å². The van der Waals surface area contributed by atoms with E-state index in [0.717, 1.165) is 0 Å². The van der Waals surface area contributed by atoms with Crippen molar-refractivity contribution in [3.05, 3.63) is 27.0 Å². The predicted molar refractivity (Wildman–Crippen MR) is 48.0 cm³/mol. The van der Waals surface area contributed by atoms with E-state index in [9.17, 15) is 4.79 Å². The molecule has 1 aromatic heterocycles. The minimum absolute atomic E-state index is 0.0851. The molecule has 4 heteroatoms. The Balaban J connectivity index is 3.34. The maximum atomic E-state index is 11.3. The van der Waals surface area contributed by atoms with Gasteiger partial charge in [0, 0.05) is 6.07 Å². The van der Waals surface area contributed by atoms with Crippen LogP contribution in [0.1, 0.15) is 12.5 Å². The van der Waals surface area contributed by atoms with Crippen molar-refractivity contribution in [3.63, 3.8) is 0 Å². The molecule has 1 rings (SSSR count). The molecule has 0 spiro atoms. The number of nitrogens with one attached hydrogen (secondary N) is 1. The Morgan fingerprint density at radius 1 is 1.67 bits per heavy atom. The number of aromatic amines is 1. The Labute approximate surface area is 75.3 Å². The van der Waals surface area contributed by atoms with E-state index in [-0.39, 0.29) is 5.43 Å². The number of rotatable bonds is 2. The van der Waals surface area contributed by atoms with Gasteiger partial charge in [0.2, 0.25) is 0 Å². The highest BCUT2D eigenvalue weighted by Crippen LogP contribution is 2.14. The zero-order valence-corrected chi connectivity index (χ0v) is 7.73. The third-order valence-electron chi connectivity index (χ3n) is 1.62. The summed E-state index contributed by atoms with van der Waals surface area (Å²) < 4.78 is 4.96. The summed E-state index contributed by atoms with van der Waals surface area (Å²) in [6.07, 6.45) is 0.635. The molecule has 0 radical (unpaired) electrons. The van der Waals surface area contributed by atoms with E-state index < -0.39 is 0 Å². The van der Waals surface area contributed by atoms with Crippen LogP contribution in [0, 0.1) is 0 Å². The highest BCUT2D eigenvalue weighted by atomic mass is 35.5. The number of aromatic nitrogens is 1. The summed E-state index contributed by atoms with van der Waals surface area (Å²) in [5.74, 6) is 0.454. The first-order chi connectivity index (χ1) is 5.69. The molecule has 0 saturated heterocycles. The van der Waals surface area contributed by atoms with Gasteiger partial charge in [-0.1, -0.05) is 18.5 Å². The molecule has 0 fully saturated rings. The van der Waals surface area contributed by atoms with Gasteiger partial charge in [0.25, 0.3) is 0 Å². The van der Waals surface area contributed by atoms with Crippen molar-refractivity contribution in [2.75, 3.05) is 7.11 Å². The van der Waals surface area contributed by atoms with Crippen LogP contribution in [-0.4, -0.2) is 12.1 Å². The van der Waals surface area contributed by atoms with Crippen molar-refractivity contribution in [3.8, 4) is 5.88 Å². The molecule has 66 valence electrons. The Morgan fingerprint density at radius 3 is 2.83 bits per heavy atom. The summed E-state index contributed by atoms with van der Waals surface area (Å²) in [5.41, 5.74) is 0.542. The second kappa shape index (κ2) is 3.63. The monoisotopic (exact) mass is 187 g/mol. The second-order valence-electron chi connectivity index (χ2n) is 2.35. The number of hydrogen-bond donors (Lipinski definition) is 1. The van der Waals surface area contributed by atoms with Gasteiger partial charge in [-0.2, -0.15) is 0 Å². The van der Waals surface area contributed by atoms with Gasteiger partial charge in [0.15, 0.2) is 11.3 Å². The first-order valence-electron chi connectivity index (χ1n) is 3.64. The number of methoxy groups -OCH3 is 1. The van der Waals surface area contributed by atoms with Crippen LogP contribution < -0.4 is 10.2 Å². The Kier molecular flexibility index (Phi) is 2.76. The van der Waals surface area contributed by atoms with E-state index in [1.54, 1.807) is 0 Å². The smallest absolute Gasteiger partial charge is 0.198 e. The third kappa shape index (κ3) is 1.61. The predicted octanol–water partition coefficient (Wildman–Crippen LogP) is 1.60. The minimum atomic E-state index is -0.0851. The highest BCUT2D eigenvalue weighted by Gasteiger charge is 2.06. The quantitative estimate of drug-likeness (QED) is 0.715. The number of pyridine rings is 1. The molecule has 12 heavy (non-hydrogen) atoms. The van der Waals surface area contributed by atoms with Crippen molar-refractivity contribution in [2.24, 2.45) is 0 Å². The van der Waals surface area contributed by atoms with E-state index in [1.807, 2.05) is 6.92 Å². The molecular formula is C8H10ClNO2. The van der Waals surface area contributed by atoms with E-state index in [2.05, 4.69) is 4.98 Å². The lowest BCUT2D eigenvalue weighted by atomic mass is 10.2. The summed E-state index contributed by atoms with van der Waals surface area (Å²) in [4.78, 5) is 14.0. The normalized spacial score (nSPS) is 9.92. The van der Waals surface area contributed by atoms with Gasteiger partial charge in [0.1, 0.15) is 5.15 Å². The van der Waals surface area contributed by atoms with Crippen LogP contribution in [-0.2, 0) is 6.42 Å². The van der Waals surface area contributed by atoms with Crippen LogP contribution in [0.25, 0.3) is 0 Å². The SMILES string of the molecule is CCc1c(OC)[nH]c(Cl)cc1=O. The summed E-state index contributed by atoms with van der Waals surface area (Å²) >= 11 is 5.62. The molecule has 0 aromatic carbocycles. The first kappa shape index (κ1) is 9.13. The van der Waals surface area contributed by atoms with Crippen molar-refractivity contribution in [1.29, 1.82) is 0 Å². The lowest BCUT2D eigenvalue weighted by Gasteiger charge is -2.05. The minimum Gasteiger partial charge on any atom is -0.482 e. The largest absolute Gasteiger partial charge is 0.482 e. The maximum Gasteiger partial charge on any atom is 0.198 e. The molecule has 1 N–H and O–H groups in total. The Hall–Kier alpha value is -0.960. The summed E-state index contributed by atoms with van der Waals surface area (Å²) in [6, 6.07) is 1.35. The molecule has 1 heterocycles. The summed E-state index contributed by atoms with van der Waals surface area (Å²) in [6.45, 7) is 1.89. The van der Waals surface area contributed by atoms with Gasteiger partial charge in [-0.25, -0.2) is 0 Å². The van der Waals surface area contributed by atoms with E-state index in [1.165, 1.54) is 13.2 Å². The maximum absolute atomic E-state index is 11.3. The summed E-state index contributed by atoms with van der Waals surface area (Å²) in [5, 5.41) is 0.300. The van der Waals surface area contributed by atoms with E-state index in [4.69, 9.17) is 16.3 Å². The molecule has 0 amide bonds. The van der Waals surface area contributed by atoms with Crippen molar-refractivity contribution in [1.82, 2.24) is 4.98 Å². The van der Waals surface area contributed by atoms with Crippen LogP contribution in [0.3, 0.4) is 0 Å². The zero-order valence-electron chi connectivity index (χ0n) is 6.98. The van der Waals surface area contributed by atoms with Crippen molar-refractivity contribution in [2.45, 2.75) is 13.3 Å². The molecule has 0 saturated carbocycles. The Bertz CT molecular complexity index is 332. The molecule has 1 aromatic rings. The van der Waals surface area contributed by atoms with Crippen LogP contribution in [0.2, 0.25) is 5.15 Å². The molecule has 0 unspecified atom stereocenters. The first-order valence-corrected chi connectivity index (χ1v) is 4.02. The van der Waals surface area contributed by atoms with Crippen molar-refractivity contribution >= 4 is 11.6 Å². The number of hydrogen-bond acceptors (Lipinski definition) is 2. The van der Waals surface area contributed by atoms with Crippen LogP contribution in [0.15, 0.2) is 10.9 Å². The van der Waals surface area contributed by atoms with Gasteiger partial charge in [0.05, 0.1) is 12.7 Å². The fourth-order valence-electron chi connectivity index (χ4n) is 1.04. The molecule has 0 bridgehead atoms. The average molecular weight is 188 g/mol. The van der Waals surface area contributed by atoms with Crippen LogP contribution in [0.5, 0.6) is 5.88 Å². The molecular weight excluding hydrogens is 178 g/mol. The van der Waals surface area contributed by atoms with Gasteiger partial charge >= 0.3 is 0 Å². The number of ether oxygens (including phenoxy) is 1. The Morgan fingerprint density at radius 2 is 2.33 bits per heavy atom. The summed E-state index contributed by atoms with van der Waals surface area (Å²) in [7, 11) is 1.50. The zero-order chi connectivity index (χ0) is 9.14. The standard InChI is InChI=1S/C8H10ClNO2/c1-3-5-6(11)4-7(9)10-8(5)12-2/h4H,3H2,1-2H3,(H,10,11). The molecule has 0 atom stereocenters. The van der Waals surface area contributed by atoms with Crippen LogP contribution >= 0.6 is 11.6 Å². The highest BCUT2D eigenvalue weighted by molar-refractivity contribution is 6.29. The molecule has 0 aliphatic carbocycles. The molecule has 3 nitrogen and oxygen atoms in total. The number of H-pyrrole nitrogens is 1. The number of halogens is 1. The molecule has 0 aliphatic rings. The van der Waals surface area contributed by atoms with E-state index in [0.29, 0.717) is 23.0 Å². The lowest BCUT2D eigenvalue weighted by molar-refractivity contribution is 0.392. The van der Waals surface area contributed by atoms with Crippen molar-refractivity contribution < 1.29 is 4.74 Å². The van der Waals surface area contributed by atoms with Gasteiger partial charge in [-0.15, -0.1) is 0 Å². The van der Waals surface area contributed by atoms with Gasteiger partial charge in [-0.3, -0.25) is 4.79 Å².